The predicted molar refractivity (Wildman–Crippen MR) is 82.6 cm³/mol. The average Bonchev–Trinajstić information content (AvgIpc) is 2.76. The molecule has 19 heavy (non-hydrogen) atoms. The fourth-order valence-electron chi connectivity index (χ4n) is 1.57. The molecule has 3 nitrogen and oxygen atoms in total. The van der Waals surface area contributed by atoms with Gasteiger partial charge in [-0.15, -0.1) is 11.3 Å². The summed E-state index contributed by atoms with van der Waals surface area (Å²) < 4.78 is 0. The fraction of sp³-hybridized carbons (Fsp3) is 0.667. The second kappa shape index (κ2) is 7.06. The van der Waals surface area contributed by atoms with Gasteiger partial charge in [-0.1, -0.05) is 34.6 Å². The Morgan fingerprint density at radius 3 is 2.47 bits per heavy atom. The van der Waals surface area contributed by atoms with E-state index in [0.29, 0.717) is 6.54 Å². The molecule has 108 valence electrons. The van der Waals surface area contributed by atoms with E-state index >= 15 is 0 Å². The standard InChI is InChI=1S/C15H26N2OS/c1-11(2)14(18)17-9-8-16-10-12-6-7-13(19-12)15(3,4)5/h6-7,11,16H,8-10H2,1-5H3,(H,17,18). The maximum Gasteiger partial charge on any atom is 0.222 e. The van der Waals surface area contributed by atoms with Crippen LogP contribution in [0.4, 0.5) is 0 Å². The number of amides is 1. The van der Waals surface area contributed by atoms with Crippen LogP contribution in [-0.2, 0) is 16.8 Å². The first kappa shape index (κ1) is 16.2. The summed E-state index contributed by atoms with van der Waals surface area (Å²) in [6.07, 6.45) is 0. The highest BCUT2D eigenvalue weighted by Crippen LogP contribution is 2.29. The van der Waals surface area contributed by atoms with Gasteiger partial charge >= 0.3 is 0 Å². The molecule has 1 heterocycles. The molecule has 0 saturated carbocycles. The Morgan fingerprint density at radius 2 is 1.95 bits per heavy atom. The molecule has 0 unspecified atom stereocenters. The first-order valence-corrected chi connectivity index (χ1v) is 7.70. The molecular formula is C15H26N2OS. The van der Waals surface area contributed by atoms with Crippen molar-refractivity contribution in [3.8, 4) is 0 Å². The quantitative estimate of drug-likeness (QED) is 0.788. The topological polar surface area (TPSA) is 41.1 Å². The summed E-state index contributed by atoms with van der Waals surface area (Å²) in [6.45, 7) is 12.9. The van der Waals surface area contributed by atoms with Crippen LogP contribution in [0.25, 0.3) is 0 Å². The van der Waals surface area contributed by atoms with Crippen molar-refractivity contribution in [3.63, 3.8) is 0 Å². The van der Waals surface area contributed by atoms with Gasteiger partial charge in [-0.25, -0.2) is 0 Å². The normalized spacial score (nSPS) is 11.9. The van der Waals surface area contributed by atoms with Crippen molar-refractivity contribution >= 4 is 17.2 Å². The SMILES string of the molecule is CC(C)C(=O)NCCNCc1ccc(C(C)(C)C)s1. The summed E-state index contributed by atoms with van der Waals surface area (Å²) in [4.78, 5) is 14.1. The number of thiophene rings is 1. The summed E-state index contributed by atoms with van der Waals surface area (Å²) >= 11 is 1.86. The second-order valence-electron chi connectivity index (χ2n) is 6.14. The Morgan fingerprint density at radius 1 is 1.26 bits per heavy atom. The van der Waals surface area contributed by atoms with Gasteiger partial charge in [0.15, 0.2) is 0 Å². The number of hydrogen-bond donors (Lipinski definition) is 2. The molecule has 0 aliphatic rings. The molecule has 0 aliphatic heterocycles. The zero-order valence-electron chi connectivity index (χ0n) is 12.7. The van der Waals surface area contributed by atoms with E-state index in [1.54, 1.807) is 0 Å². The molecule has 0 aliphatic carbocycles. The minimum Gasteiger partial charge on any atom is -0.355 e. The zero-order chi connectivity index (χ0) is 14.5. The van der Waals surface area contributed by atoms with Crippen LogP contribution in [0.15, 0.2) is 12.1 Å². The lowest BCUT2D eigenvalue weighted by Gasteiger charge is -2.15. The summed E-state index contributed by atoms with van der Waals surface area (Å²) in [5, 5.41) is 6.26. The maximum atomic E-state index is 11.4. The zero-order valence-corrected chi connectivity index (χ0v) is 13.5. The minimum absolute atomic E-state index is 0.0617. The van der Waals surface area contributed by atoms with Gasteiger partial charge in [0, 0.05) is 35.3 Å². The molecule has 2 N–H and O–H groups in total. The number of carbonyl (C=O) groups is 1. The Balaban J connectivity index is 2.23. The van der Waals surface area contributed by atoms with Crippen molar-refractivity contribution in [1.82, 2.24) is 10.6 Å². The van der Waals surface area contributed by atoms with Crippen LogP contribution in [0.5, 0.6) is 0 Å². The average molecular weight is 282 g/mol. The van der Waals surface area contributed by atoms with Gasteiger partial charge in [-0.3, -0.25) is 4.79 Å². The Kier molecular flexibility index (Phi) is 6.01. The van der Waals surface area contributed by atoms with Gasteiger partial charge in [0.05, 0.1) is 0 Å². The Hall–Kier alpha value is -0.870. The summed E-state index contributed by atoms with van der Waals surface area (Å²) in [5.41, 5.74) is 0.230. The fourth-order valence-corrected chi connectivity index (χ4v) is 2.60. The number of hydrogen-bond acceptors (Lipinski definition) is 3. The number of carbonyl (C=O) groups excluding carboxylic acids is 1. The van der Waals surface area contributed by atoms with Gasteiger partial charge in [0.2, 0.25) is 5.91 Å². The second-order valence-corrected chi connectivity index (χ2v) is 7.31. The van der Waals surface area contributed by atoms with E-state index in [-0.39, 0.29) is 17.2 Å². The van der Waals surface area contributed by atoms with Crippen LogP contribution in [0.1, 0.15) is 44.4 Å². The lowest BCUT2D eigenvalue weighted by molar-refractivity contribution is -0.123. The summed E-state index contributed by atoms with van der Waals surface area (Å²) in [5.74, 6) is 0.180. The number of rotatable bonds is 6. The largest absolute Gasteiger partial charge is 0.355 e. The van der Waals surface area contributed by atoms with Gasteiger partial charge < -0.3 is 10.6 Å². The lowest BCUT2D eigenvalue weighted by atomic mass is 9.95. The van der Waals surface area contributed by atoms with Gasteiger partial charge in [-0.05, 0) is 17.5 Å². The van der Waals surface area contributed by atoms with Crippen molar-refractivity contribution in [2.45, 2.75) is 46.6 Å². The number of nitrogens with one attached hydrogen (secondary N) is 2. The molecule has 1 aromatic heterocycles. The maximum absolute atomic E-state index is 11.4. The smallest absolute Gasteiger partial charge is 0.222 e. The molecule has 1 amide bonds. The molecule has 1 aromatic rings. The van der Waals surface area contributed by atoms with Crippen LogP contribution in [0.2, 0.25) is 0 Å². The highest BCUT2D eigenvalue weighted by molar-refractivity contribution is 7.12. The molecule has 0 fully saturated rings. The van der Waals surface area contributed by atoms with E-state index < -0.39 is 0 Å². The molecule has 0 radical (unpaired) electrons. The van der Waals surface area contributed by atoms with E-state index in [2.05, 4.69) is 43.5 Å². The minimum atomic E-state index is 0.0617. The van der Waals surface area contributed by atoms with Crippen LogP contribution < -0.4 is 10.6 Å². The van der Waals surface area contributed by atoms with Crippen LogP contribution in [0.3, 0.4) is 0 Å². The first-order chi connectivity index (χ1) is 8.80. The van der Waals surface area contributed by atoms with E-state index in [1.807, 2.05) is 25.2 Å². The molecule has 0 spiro atoms. The van der Waals surface area contributed by atoms with Crippen molar-refractivity contribution in [1.29, 1.82) is 0 Å². The van der Waals surface area contributed by atoms with Crippen LogP contribution in [0, 0.1) is 5.92 Å². The van der Waals surface area contributed by atoms with Crippen molar-refractivity contribution in [3.05, 3.63) is 21.9 Å². The van der Waals surface area contributed by atoms with Gasteiger partial charge in [0.1, 0.15) is 0 Å². The monoisotopic (exact) mass is 282 g/mol. The predicted octanol–water partition coefficient (Wildman–Crippen LogP) is 2.91. The third kappa shape index (κ3) is 5.74. The van der Waals surface area contributed by atoms with E-state index in [9.17, 15) is 4.79 Å². The van der Waals surface area contributed by atoms with E-state index in [1.165, 1.54) is 9.75 Å². The molecule has 0 atom stereocenters. The van der Waals surface area contributed by atoms with Crippen molar-refractivity contribution < 1.29 is 4.79 Å². The summed E-state index contributed by atoms with van der Waals surface area (Å²) in [6, 6.07) is 4.40. The first-order valence-electron chi connectivity index (χ1n) is 6.88. The third-order valence-electron chi connectivity index (χ3n) is 2.83. The Bertz CT molecular complexity index is 405. The van der Waals surface area contributed by atoms with E-state index in [0.717, 1.165) is 13.1 Å². The molecule has 1 rings (SSSR count). The molecule has 0 saturated heterocycles. The summed E-state index contributed by atoms with van der Waals surface area (Å²) in [7, 11) is 0. The van der Waals surface area contributed by atoms with Crippen LogP contribution >= 0.6 is 11.3 Å². The van der Waals surface area contributed by atoms with Gasteiger partial charge in [-0.2, -0.15) is 0 Å². The third-order valence-corrected chi connectivity index (χ3v) is 4.34. The highest BCUT2D eigenvalue weighted by atomic mass is 32.1. The molecule has 0 aromatic carbocycles. The van der Waals surface area contributed by atoms with Crippen molar-refractivity contribution in [2.24, 2.45) is 5.92 Å². The highest BCUT2D eigenvalue weighted by Gasteiger charge is 2.15. The Labute approximate surface area is 120 Å². The molecule has 4 heteroatoms. The van der Waals surface area contributed by atoms with Crippen LogP contribution in [-0.4, -0.2) is 19.0 Å². The van der Waals surface area contributed by atoms with E-state index in [4.69, 9.17) is 0 Å². The van der Waals surface area contributed by atoms with Gasteiger partial charge in [0.25, 0.3) is 0 Å². The molecule has 0 bridgehead atoms. The lowest BCUT2D eigenvalue weighted by Crippen LogP contribution is -2.33. The molecular weight excluding hydrogens is 256 g/mol. The van der Waals surface area contributed by atoms with Crippen molar-refractivity contribution in [2.75, 3.05) is 13.1 Å².